The zero-order chi connectivity index (χ0) is 22.2. The second-order valence-electron chi connectivity index (χ2n) is 8.00. The second-order valence-corrected chi connectivity index (χ2v) is 8.00. The molecule has 3 amide bonds. The molecule has 3 aromatic rings. The topological polar surface area (TPSA) is 123 Å². The zero-order valence-corrected chi connectivity index (χ0v) is 17.5. The molecule has 1 N–H and O–H groups in total. The van der Waals surface area contributed by atoms with Gasteiger partial charge < -0.3 is 4.90 Å². The first-order valence-corrected chi connectivity index (χ1v) is 10.4. The lowest BCUT2D eigenvalue weighted by molar-refractivity contribution is -0.136. The van der Waals surface area contributed by atoms with Crippen molar-refractivity contribution in [2.75, 3.05) is 0 Å². The Morgan fingerprint density at radius 1 is 1.16 bits per heavy atom. The van der Waals surface area contributed by atoms with E-state index in [4.69, 9.17) is 0 Å². The Bertz CT molecular complexity index is 1240. The van der Waals surface area contributed by atoms with Gasteiger partial charge >= 0.3 is 0 Å². The van der Waals surface area contributed by atoms with Crippen LogP contribution in [0.15, 0.2) is 36.8 Å². The summed E-state index contributed by atoms with van der Waals surface area (Å²) in [5.74, 6) is -0.930. The lowest BCUT2D eigenvalue weighted by Crippen LogP contribution is -2.52. The number of aryl methyl sites for hydroxylation is 3. The van der Waals surface area contributed by atoms with Gasteiger partial charge in [-0.1, -0.05) is 17.3 Å². The molecule has 0 aliphatic carbocycles. The van der Waals surface area contributed by atoms with Crippen molar-refractivity contribution in [1.29, 1.82) is 0 Å². The standard InChI is InChI=1S/C22H21N7O3/c1-13-9-23-10-14(24-13)7-8-28-12-18(26-27-28)15-3-2-4-16-17(15)11-29(22(16)32)19-5-6-20(30)25-21(19)31/h2-4,9-10,12,19H,5-8,11H2,1H3,(H,25,30,31). The number of nitrogens with zero attached hydrogens (tertiary/aromatic N) is 6. The molecule has 1 unspecified atom stereocenters. The summed E-state index contributed by atoms with van der Waals surface area (Å²) in [6, 6.07) is 4.82. The van der Waals surface area contributed by atoms with Gasteiger partial charge in [0.2, 0.25) is 11.8 Å². The maximum atomic E-state index is 13.0. The van der Waals surface area contributed by atoms with E-state index < -0.39 is 11.9 Å². The number of carbonyl (C=O) groups excluding carboxylic acids is 3. The normalized spacial score (nSPS) is 18.1. The molecular weight excluding hydrogens is 410 g/mol. The molecule has 0 saturated carbocycles. The van der Waals surface area contributed by atoms with Crippen LogP contribution in [0.5, 0.6) is 0 Å². The number of benzene rings is 1. The maximum Gasteiger partial charge on any atom is 0.255 e. The third kappa shape index (κ3) is 3.64. The highest BCUT2D eigenvalue weighted by Crippen LogP contribution is 2.33. The maximum absolute atomic E-state index is 13.0. The van der Waals surface area contributed by atoms with E-state index in [1.807, 2.05) is 19.2 Å². The van der Waals surface area contributed by atoms with E-state index >= 15 is 0 Å². The van der Waals surface area contributed by atoms with Crippen molar-refractivity contribution >= 4 is 17.7 Å². The van der Waals surface area contributed by atoms with Gasteiger partial charge in [-0.25, -0.2) is 0 Å². The van der Waals surface area contributed by atoms with Crippen molar-refractivity contribution in [3.63, 3.8) is 0 Å². The smallest absolute Gasteiger partial charge is 0.255 e. The molecule has 1 aromatic carbocycles. The van der Waals surface area contributed by atoms with Crippen LogP contribution in [0, 0.1) is 6.92 Å². The Labute approximate surface area is 183 Å². The summed E-state index contributed by atoms with van der Waals surface area (Å²) >= 11 is 0. The van der Waals surface area contributed by atoms with Crippen LogP contribution in [-0.4, -0.2) is 53.6 Å². The number of aromatic nitrogens is 5. The number of amides is 3. The van der Waals surface area contributed by atoms with Crippen molar-refractivity contribution in [2.24, 2.45) is 0 Å². The molecule has 1 saturated heterocycles. The first-order chi connectivity index (χ1) is 15.5. The van der Waals surface area contributed by atoms with Crippen LogP contribution in [0.25, 0.3) is 11.3 Å². The largest absolute Gasteiger partial charge is 0.322 e. The van der Waals surface area contributed by atoms with Gasteiger partial charge in [-0.3, -0.25) is 34.4 Å². The molecule has 1 atom stereocenters. The average molecular weight is 431 g/mol. The van der Waals surface area contributed by atoms with Crippen LogP contribution in [0.1, 0.15) is 40.2 Å². The molecule has 2 aliphatic heterocycles. The number of hydrogen-bond donors (Lipinski definition) is 1. The highest BCUT2D eigenvalue weighted by atomic mass is 16.2. The predicted molar refractivity (Wildman–Crippen MR) is 112 cm³/mol. The van der Waals surface area contributed by atoms with Crippen molar-refractivity contribution < 1.29 is 14.4 Å². The van der Waals surface area contributed by atoms with E-state index in [0.29, 0.717) is 37.2 Å². The summed E-state index contributed by atoms with van der Waals surface area (Å²) in [5, 5.41) is 10.9. The number of rotatable bonds is 5. The number of nitrogens with one attached hydrogen (secondary N) is 1. The predicted octanol–water partition coefficient (Wildman–Crippen LogP) is 1.05. The fourth-order valence-corrected chi connectivity index (χ4v) is 4.22. The molecule has 0 bridgehead atoms. The van der Waals surface area contributed by atoms with Crippen molar-refractivity contribution in [3.8, 4) is 11.3 Å². The minimum atomic E-state index is -0.647. The van der Waals surface area contributed by atoms with Crippen LogP contribution < -0.4 is 5.32 Å². The summed E-state index contributed by atoms with van der Waals surface area (Å²) in [7, 11) is 0. The molecule has 0 spiro atoms. The molecule has 4 heterocycles. The highest BCUT2D eigenvalue weighted by Gasteiger charge is 2.40. The first kappa shape index (κ1) is 20.0. The van der Waals surface area contributed by atoms with E-state index in [1.165, 1.54) is 4.90 Å². The van der Waals surface area contributed by atoms with Gasteiger partial charge in [0.15, 0.2) is 0 Å². The van der Waals surface area contributed by atoms with Crippen LogP contribution in [0.3, 0.4) is 0 Å². The van der Waals surface area contributed by atoms with E-state index in [9.17, 15) is 14.4 Å². The summed E-state index contributed by atoms with van der Waals surface area (Å²) < 4.78 is 1.74. The van der Waals surface area contributed by atoms with Crippen LogP contribution in [0.4, 0.5) is 0 Å². The number of imide groups is 1. The van der Waals surface area contributed by atoms with E-state index in [2.05, 4.69) is 25.6 Å². The van der Waals surface area contributed by atoms with E-state index in [0.717, 1.165) is 22.5 Å². The number of hydrogen-bond acceptors (Lipinski definition) is 7. The van der Waals surface area contributed by atoms with Gasteiger partial charge in [-0.15, -0.1) is 5.10 Å². The Morgan fingerprint density at radius 2 is 2.00 bits per heavy atom. The molecule has 2 aliphatic rings. The first-order valence-electron chi connectivity index (χ1n) is 10.4. The summed E-state index contributed by atoms with van der Waals surface area (Å²) in [6.45, 7) is 2.79. The van der Waals surface area contributed by atoms with Gasteiger partial charge in [0.1, 0.15) is 11.7 Å². The van der Waals surface area contributed by atoms with Crippen LogP contribution in [-0.2, 0) is 29.1 Å². The SMILES string of the molecule is Cc1cncc(CCn2cc(-c3cccc4c3CN(C3CCC(=O)NC3=O)C4=O)nn2)n1. The van der Waals surface area contributed by atoms with Crippen molar-refractivity contribution in [3.05, 3.63) is 59.3 Å². The summed E-state index contributed by atoms with van der Waals surface area (Å²) in [5.41, 5.74) is 4.60. The Hall–Kier alpha value is -3.95. The third-order valence-electron chi connectivity index (χ3n) is 5.80. The minimum Gasteiger partial charge on any atom is -0.322 e. The van der Waals surface area contributed by atoms with Gasteiger partial charge in [0, 0.05) is 49.5 Å². The molecular formula is C22H21N7O3. The minimum absolute atomic E-state index is 0.207. The molecule has 5 rings (SSSR count). The molecule has 2 aromatic heterocycles. The number of carbonyl (C=O) groups is 3. The van der Waals surface area contributed by atoms with Crippen LogP contribution >= 0.6 is 0 Å². The number of fused-ring (bicyclic) bond motifs is 1. The second kappa shape index (κ2) is 7.95. The van der Waals surface area contributed by atoms with Crippen LogP contribution in [0.2, 0.25) is 0 Å². The molecule has 0 radical (unpaired) electrons. The molecule has 1 fully saturated rings. The third-order valence-corrected chi connectivity index (χ3v) is 5.80. The van der Waals surface area contributed by atoms with Gasteiger partial charge in [0.05, 0.1) is 17.6 Å². The molecule has 10 nitrogen and oxygen atoms in total. The van der Waals surface area contributed by atoms with Crippen molar-refractivity contribution in [2.45, 2.75) is 45.3 Å². The quantitative estimate of drug-likeness (QED) is 0.599. The highest BCUT2D eigenvalue weighted by molar-refractivity contribution is 6.06. The average Bonchev–Trinajstić information content (AvgIpc) is 3.37. The van der Waals surface area contributed by atoms with E-state index in [-0.39, 0.29) is 18.2 Å². The summed E-state index contributed by atoms with van der Waals surface area (Å²) in [6.07, 6.45) is 6.53. The van der Waals surface area contributed by atoms with Crippen molar-refractivity contribution in [1.82, 2.24) is 35.2 Å². The molecule has 32 heavy (non-hydrogen) atoms. The van der Waals surface area contributed by atoms with Gasteiger partial charge in [0.25, 0.3) is 5.91 Å². The Morgan fingerprint density at radius 3 is 2.81 bits per heavy atom. The number of piperidine rings is 1. The summed E-state index contributed by atoms with van der Waals surface area (Å²) in [4.78, 5) is 46.9. The van der Waals surface area contributed by atoms with E-state index in [1.54, 1.807) is 29.2 Å². The fourth-order valence-electron chi connectivity index (χ4n) is 4.22. The lowest BCUT2D eigenvalue weighted by Gasteiger charge is -2.29. The Balaban J connectivity index is 1.36. The van der Waals surface area contributed by atoms with Gasteiger partial charge in [-0.05, 0) is 25.0 Å². The zero-order valence-electron chi connectivity index (χ0n) is 17.5. The lowest BCUT2D eigenvalue weighted by atomic mass is 10.0. The molecule has 162 valence electrons. The molecule has 10 heteroatoms. The van der Waals surface area contributed by atoms with Gasteiger partial charge in [-0.2, -0.15) is 0 Å². The Kier molecular flexibility index (Phi) is 4.96. The fraction of sp³-hybridized carbons (Fsp3) is 0.318. The monoisotopic (exact) mass is 431 g/mol.